The number of benzene rings is 2. The molecule has 0 bridgehead atoms. The van der Waals surface area contributed by atoms with E-state index >= 15 is 0 Å². The van der Waals surface area contributed by atoms with Crippen molar-refractivity contribution in [3.63, 3.8) is 0 Å². The first kappa shape index (κ1) is 20.6. The van der Waals surface area contributed by atoms with Gasteiger partial charge in [-0.15, -0.1) is 11.8 Å². The number of halogens is 3. The molecule has 158 valence electrons. The van der Waals surface area contributed by atoms with Crippen molar-refractivity contribution in [2.24, 2.45) is 0 Å². The molecule has 2 amide bonds. The van der Waals surface area contributed by atoms with Crippen molar-refractivity contribution in [3.05, 3.63) is 53.6 Å². The van der Waals surface area contributed by atoms with E-state index in [1.165, 1.54) is 17.8 Å². The molecule has 0 unspecified atom stereocenters. The lowest BCUT2D eigenvalue weighted by Gasteiger charge is -2.36. The van der Waals surface area contributed by atoms with Gasteiger partial charge in [-0.05, 0) is 43.3 Å². The summed E-state index contributed by atoms with van der Waals surface area (Å²) in [5.41, 5.74) is 0.939. The Bertz CT molecular complexity index is 988. The first-order valence-corrected chi connectivity index (χ1v) is 10.4. The molecule has 2 aliphatic heterocycles. The zero-order valence-electron chi connectivity index (χ0n) is 16.2. The quantitative estimate of drug-likeness (QED) is 0.772. The third kappa shape index (κ3) is 4.12. The molecular formula is C21H20F3N3O2S. The van der Waals surface area contributed by atoms with Crippen LogP contribution in [0.25, 0.3) is 0 Å². The van der Waals surface area contributed by atoms with Crippen LogP contribution in [0.2, 0.25) is 0 Å². The van der Waals surface area contributed by atoms with Crippen LogP contribution >= 0.6 is 11.8 Å². The number of nitrogens with zero attached hydrogens (tertiary/aromatic N) is 2. The number of anilines is 2. The van der Waals surface area contributed by atoms with E-state index < -0.39 is 11.7 Å². The Labute approximate surface area is 176 Å². The predicted molar refractivity (Wildman–Crippen MR) is 110 cm³/mol. The molecule has 0 radical (unpaired) electrons. The highest BCUT2D eigenvalue weighted by molar-refractivity contribution is 8.00. The molecule has 2 aliphatic rings. The number of carbonyl (C=O) groups excluding carboxylic acids is 2. The van der Waals surface area contributed by atoms with Crippen molar-refractivity contribution < 1.29 is 22.8 Å². The van der Waals surface area contributed by atoms with E-state index in [-0.39, 0.29) is 17.1 Å². The number of rotatable bonds is 2. The summed E-state index contributed by atoms with van der Waals surface area (Å²) in [6, 6.07) is 10.5. The van der Waals surface area contributed by atoms with Crippen LogP contribution in [0.5, 0.6) is 0 Å². The van der Waals surface area contributed by atoms with Crippen LogP contribution in [-0.2, 0) is 11.0 Å². The van der Waals surface area contributed by atoms with Crippen LogP contribution in [0.4, 0.5) is 24.5 Å². The van der Waals surface area contributed by atoms with Crippen LogP contribution in [-0.4, -0.2) is 48.1 Å². The zero-order chi connectivity index (χ0) is 21.5. The smallest absolute Gasteiger partial charge is 0.368 e. The largest absolute Gasteiger partial charge is 0.416 e. The van der Waals surface area contributed by atoms with Crippen molar-refractivity contribution in [1.82, 2.24) is 4.90 Å². The average molecular weight is 435 g/mol. The molecular weight excluding hydrogens is 415 g/mol. The second-order valence-corrected chi connectivity index (χ2v) is 8.67. The molecule has 5 nitrogen and oxygen atoms in total. The minimum absolute atomic E-state index is 0.0909. The van der Waals surface area contributed by atoms with Crippen molar-refractivity contribution >= 4 is 35.0 Å². The number of carbonyl (C=O) groups is 2. The van der Waals surface area contributed by atoms with E-state index in [4.69, 9.17) is 0 Å². The Hall–Kier alpha value is -2.68. The Morgan fingerprint density at radius 1 is 1.10 bits per heavy atom. The fourth-order valence-corrected chi connectivity index (χ4v) is 4.50. The molecule has 2 aromatic carbocycles. The third-order valence-corrected chi connectivity index (χ3v) is 6.44. The molecule has 1 fully saturated rings. The number of fused-ring (bicyclic) bond motifs is 1. The van der Waals surface area contributed by atoms with E-state index in [9.17, 15) is 22.8 Å². The standard InChI is InChI=1S/C21H20F3N3O2S/c1-13-19(28)25-17-11-14(5-6-18(17)30-13)20(29)27-9-7-26(8-10-27)16-4-2-3-15(12-16)21(22,23)24/h2-6,11-13H,7-10H2,1H3,(H,25,28)/t13-/m0/s1. The highest BCUT2D eigenvalue weighted by Crippen LogP contribution is 2.36. The van der Waals surface area contributed by atoms with E-state index in [1.807, 2.05) is 17.9 Å². The molecule has 9 heteroatoms. The minimum atomic E-state index is -4.38. The van der Waals surface area contributed by atoms with Gasteiger partial charge in [0.25, 0.3) is 5.91 Å². The topological polar surface area (TPSA) is 52.7 Å². The van der Waals surface area contributed by atoms with Gasteiger partial charge in [0.05, 0.1) is 16.5 Å². The van der Waals surface area contributed by atoms with Crippen LogP contribution < -0.4 is 10.2 Å². The highest BCUT2D eigenvalue weighted by Gasteiger charge is 2.31. The highest BCUT2D eigenvalue weighted by atomic mass is 32.2. The van der Waals surface area contributed by atoms with Crippen molar-refractivity contribution in [3.8, 4) is 0 Å². The predicted octanol–water partition coefficient (Wildman–Crippen LogP) is 4.10. The Balaban J connectivity index is 1.43. The maximum absolute atomic E-state index is 13.0. The second-order valence-electron chi connectivity index (χ2n) is 7.29. The van der Waals surface area contributed by atoms with E-state index in [1.54, 1.807) is 23.1 Å². The summed E-state index contributed by atoms with van der Waals surface area (Å²) >= 11 is 1.45. The lowest BCUT2D eigenvalue weighted by molar-refractivity contribution is -0.137. The summed E-state index contributed by atoms with van der Waals surface area (Å²) in [4.78, 5) is 29.3. The molecule has 0 saturated carbocycles. The minimum Gasteiger partial charge on any atom is -0.368 e. The monoisotopic (exact) mass is 435 g/mol. The van der Waals surface area contributed by atoms with Gasteiger partial charge in [0.1, 0.15) is 0 Å². The summed E-state index contributed by atoms with van der Waals surface area (Å²) < 4.78 is 38.9. The molecule has 2 aromatic rings. The van der Waals surface area contributed by atoms with Gasteiger partial charge >= 0.3 is 6.18 Å². The van der Waals surface area contributed by atoms with Crippen LogP contribution in [0.3, 0.4) is 0 Å². The molecule has 1 saturated heterocycles. The van der Waals surface area contributed by atoms with Crippen molar-refractivity contribution in [2.45, 2.75) is 23.2 Å². The number of nitrogens with one attached hydrogen (secondary N) is 1. The zero-order valence-corrected chi connectivity index (χ0v) is 17.0. The first-order valence-electron chi connectivity index (χ1n) is 9.55. The summed E-state index contributed by atoms with van der Waals surface area (Å²) in [6.07, 6.45) is -4.38. The molecule has 1 atom stereocenters. The van der Waals surface area contributed by atoms with Crippen molar-refractivity contribution in [2.75, 3.05) is 36.4 Å². The van der Waals surface area contributed by atoms with Gasteiger partial charge in [-0.25, -0.2) is 0 Å². The maximum Gasteiger partial charge on any atom is 0.416 e. The van der Waals surface area contributed by atoms with Crippen LogP contribution in [0, 0.1) is 0 Å². The van der Waals surface area contributed by atoms with Crippen LogP contribution in [0.15, 0.2) is 47.4 Å². The normalized spacial score (nSPS) is 19.3. The van der Waals surface area contributed by atoms with Gasteiger partial charge in [0.15, 0.2) is 0 Å². The van der Waals surface area contributed by atoms with Crippen LogP contribution in [0.1, 0.15) is 22.8 Å². The molecule has 0 spiro atoms. The Kier molecular flexibility index (Phi) is 5.40. The Morgan fingerprint density at radius 2 is 1.83 bits per heavy atom. The summed E-state index contributed by atoms with van der Waals surface area (Å²) in [5, 5.41) is 2.65. The average Bonchev–Trinajstić information content (AvgIpc) is 2.73. The number of alkyl halides is 3. The number of thioether (sulfide) groups is 1. The van der Waals surface area contributed by atoms with Gasteiger partial charge in [0.2, 0.25) is 5.91 Å². The van der Waals surface area contributed by atoms with E-state index in [0.717, 1.165) is 17.0 Å². The maximum atomic E-state index is 13.0. The lowest BCUT2D eigenvalue weighted by atomic mass is 10.1. The molecule has 0 aromatic heterocycles. The summed E-state index contributed by atoms with van der Waals surface area (Å²) in [5.74, 6) is -0.244. The van der Waals surface area contributed by atoms with Gasteiger partial charge in [-0.1, -0.05) is 6.07 Å². The fourth-order valence-electron chi connectivity index (χ4n) is 3.57. The number of amides is 2. The summed E-state index contributed by atoms with van der Waals surface area (Å²) in [7, 11) is 0. The van der Waals surface area contributed by atoms with E-state index in [2.05, 4.69) is 5.32 Å². The SMILES string of the molecule is C[C@@H]1Sc2ccc(C(=O)N3CCN(c4cccc(C(F)(F)F)c4)CC3)cc2NC1=O. The van der Waals surface area contributed by atoms with E-state index in [0.29, 0.717) is 43.1 Å². The molecule has 2 heterocycles. The molecule has 4 rings (SSSR count). The molecule has 30 heavy (non-hydrogen) atoms. The number of piperazine rings is 1. The number of hydrogen-bond donors (Lipinski definition) is 1. The fraction of sp³-hybridized carbons (Fsp3) is 0.333. The lowest BCUT2D eigenvalue weighted by Crippen LogP contribution is -2.48. The second kappa shape index (κ2) is 7.86. The molecule has 0 aliphatic carbocycles. The van der Waals surface area contributed by atoms with Crippen molar-refractivity contribution in [1.29, 1.82) is 0 Å². The summed E-state index contributed by atoms with van der Waals surface area (Å²) in [6.45, 7) is 3.53. The van der Waals surface area contributed by atoms with Gasteiger partial charge < -0.3 is 15.1 Å². The van der Waals surface area contributed by atoms with Gasteiger partial charge in [-0.2, -0.15) is 13.2 Å². The van der Waals surface area contributed by atoms with Gasteiger partial charge in [0, 0.05) is 42.3 Å². The van der Waals surface area contributed by atoms with Gasteiger partial charge in [-0.3, -0.25) is 9.59 Å². The number of hydrogen-bond acceptors (Lipinski definition) is 4. The molecule has 1 N–H and O–H groups in total. The third-order valence-electron chi connectivity index (χ3n) is 5.26. The Morgan fingerprint density at radius 3 is 2.53 bits per heavy atom. The first-order chi connectivity index (χ1) is 14.2.